The molecule has 5 rings (SSSR count). The fourth-order valence-corrected chi connectivity index (χ4v) is 5.18. The van der Waals surface area contributed by atoms with Gasteiger partial charge in [0, 0.05) is 47.9 Å². The van der Waals surface area contributed by atoms with Crippen molar-refractivity contribution in [2.75, 3.05) is 13.1 Å². The van der Waals surface area contributed by atoms with Crippen molar-refractivity contribution in [3.05, 3.63) is 58.4 Å². The van der Waals surface area contributed by atoms with Gasteiger partial charge in [0.15, 0.2) is 0 Å². The van der Waals surface area contributed by atoms with Crippen molar-refractivity contribution < 1.29 is 4.79 Å². The van der Waals surface area contributed by atoms with Gasteiger partial charge in [-0.1, -0.05) is 0 Å². The number of carbonyl (C=O) groups is 1. The van der Waals surface area contributed by atoms with Crippen molar-refractivity contribution in [2.24, 2.45) is 0 Å². The minimum absolute atomic E-state index is 0.00240. The standard InChI is InChI=1S/C20H20N4OS/c1-14-4-5-17(26-14)18(25)23-9-6-20(13-23)7-10-24-16(12-22-19(20)24)15-3-2-8-21-11-15/h2-5,8,11-12H,6-7,9-10,13H2,1H3/t20-/m0/s1. The number of amides is 1. The van der Waals surface area contributed by atoms with E-state index >= 15 is 0 Å². The number of likely N-dealkylation sites (tertiary alicyclic amines) is 1. The lowest BCUT2D eigenvalue weighted by Gasteiger charge is -2.22. The van der Waals surface area contributed by atoms with E-state index in [0.717, 1.165) is 54.4 Å². The van der Waals surface area contributed by atoms with Gasteiger partial charge in [-0.15, -0.1) is 11.3 Å². The zero-order valence-corrected chi connectivity index (χ0v) is 15.5. The molecule has 0 aliphatic carbocycles. The molecular weight excluding hydrogens is 344 g/mol. The predicted octanol–water partition coefficient (Wildman–Crippen LogP) is 3.50. The predicted molar refractivity (Wildman–Crippen MR) is 101 cm³/mol. The first-order chi connectivity index (χ1) is 12.7. The van der Waals surface area contributed by atoms with Gasteiger partial charge in [0.05, 0.1) is 16.8 Å². The van der Waals surface area contributed by atoms with Crippen LogP contribution in [0.3, 0.4) is 0 Å². The number of hydrogen-bond acceptors (Lipinski definition) is 4. The molecule has 1 fully saturated rings. The third kappa shape index (κ3) is 2.32. The molecule has 0 bridgehead atoms. The molecule has 3 aromatic rings. The summed E-state index contributed by atoms with van der Waals surface area (Å²) >= 11 is 1.58. The summed E-state index contributed by atoms with van der Waals surface area (Å²) in [5.74, 6) is 1.30. The minimum Gasteiger partial charge on any atom is -0.337 e. The van der Waals surface area contributed by atoms with Gasteiger partial charge < -0.3 is 9.47 Å². The summed E-state index contributed by atoms with van der Waals surface area (Å²) in [6.45, 7) is 4.58. The Morgan fingerprint density at radius 2 is 2.08 bits per heavy atom. The maximum Gasteiger partial charge on any atom is 0.263 e. The van der Waals surface area contributed by atoms with Crippen molar-refractivity contribution in [1.82, 2.24) is 19.4 Å². The van der Waals surface area contributed by atoms with E-state index in [4.69, 9.17) is 4.98 Å². The average Bonchev–Trinajstić information content (AvgIpc) is 3.42. The molecule has 2 aliphatic heterocycles. The van der Waals surface area contributed by atoms with Gasteiger partial charge in [-0.05, 0) is 44.0 Å². The van der Waals surface area contributed by atoms with Crippen LogP contribution in [0.15, 0.2) is 42.9 Å². The van der Waals surface area contributed by atoms with E-state index in [1.807, 2.05) is 42.4 Å². The maximum absolute atomic E-state index is 12.8. The summed E-state index contributed by atoms with van der Waals surface area (Å²) in [6.07, 6.45) is 7.68. The molecule has 1 amide bonds. The highest BCUT2D eigenvalue weighted by Crippen LogP contribution is 2.44. The van der Waals surface area contributed by atoms with E-state index in [-0.39, 0.29) is 11.3 Å². The van der Waals surface area contributed by atoms with E-state index in [0.29, 0.717) is 0 Å². The largest absolute Gasteiger partial charge is 0.337 e. The molecule has 0 unspecified atom stereocenters. The lowest BCUT2D eigenvalue weighted by molar-refractivity contribution is 0.0788. The molecule has 0 aromatic carbocycles. The molecule has 1 saturated heterocycles. The summed E-state index contributed by atoms with van der Waals surface area (Å²) in [5, 5.41) is 0. The number of rotatable bonds is 2. The van der Waals surface area contributed by atoms with Crippen molar-refractivity contribution in [3.8, 4) is 11.3 Å². The fourth-order valence-electron chi connectivity index (χ4n) is 4.35. The molecule has 0 saturated carbocycles. The third-order valence-electron chi connectivity index (χ3n) is 5.69. The molecule has 1 spiro atoms. The Bertz CT molecular complexity index is 977. The topological polar surface area (TPSA) is 51.0 Å². The van der Waals surface area contributed by atoms with Crippen LogP contribution in [0.1, 0.15) is 33.2 Å². The first kappa shape index (κ1) is 15.8. The Morgan fingerprint density at radius 3 is 2.85 bits per heavy atom. The van der Waals surface area contributed by atoms with Gasteiger partial charge in [0.25, 0.3) is 5.91 Å². The Kier molecular flexibility index (Phi) is 3.50. The van der Waals surface area contributed by atoms with E-state index in [2.05, 4.69) is 15.6 Å². The van der Waals surface area contributed by atoms with Crippen LogP contribution in [0.5, 0.6) is 0 Å². The molecule has 5 nitrogen and oxygen atoms in total. The molecular formula is C20H20N4OS. The molecule has 5 heterocycles. The Balaban J connectivity index is 1.43. The second-order valence-electron chi connectivity index (χ2n) is 7.28. The number of pyridine rings is 1. The number of aromatic nitrogens is 3. The number of thiophene rings is 1. The van der Waals surface area contributed by atoms with E-state index in [1.165, 1.54) is 4.88 Å². The maximum atomic E-state index is 12.8. The average molecular weight is 364 g/mol. The Labute approximate surface area is 156 Å². The van der Waals surface area contributed by atoms with Gasteiger partial charge in [-0.25, -0.2) is 4.98 Å². The van der Waals surface area contributed by atoms with Crippen LogP contribution >= 0.6 is 11.3 Å². The van der Waals surface area contributed by atoms with Gasteiger partial charge >= 0.3 is 0 Å². The number of fused-ring (bicyclic) bond motifs is 2. The highest BCUT2D eigenvalue weighted by atomic mass is 32.1. The number of nitrogens with zero attached hydrogens (tertiary/aromatic N) is 4. The van der Waals surface area contributed by atoms with Crippen LogP contribution in [0.4, 0.5) is 0 Å². The highest BCUT2D eigenvalue weighted by Gasteiger charge is 2.48. The second-order valence-corrected chi connectivity index (χ2v) is 8.57. The zero-order valence-electron chi connectivity index (χ0n) is 14.7. The number of aryl methyl sites for hydroxylation is 1. The third-order valence-corrected chi connectivity index (χ3v) is 6.68. The van der Waals surface area contributed by atoms with E-state index in [9.17, 15) is 4.79 Å². The molecule has 0 radical (unpaired) electrons. The molecule has 26 heavy (non-hydrogen) atoms. The van der Waals surface area contributed by atoms with Crippen LogP contribution in [0.2, 0.25) is 0 Å². The number of carbonyl (C=O) groups excluding carboxylic acids is 1. The molecule has 6 heteroatoms. The summed E-state index contributed by atoms with van der Waals surface area (Å²) in [4.78, 5) is 25.9. The highest BCUT2D eigenvalue weighted by molar-refractivity contribution is 7.13. The monoisotopic (exact) mass is 364 g/mol. The number of hydrogen-bond donors (Lipinski definition) is 0. The van der Waals surface area contributed by atoms with Crippen molar-refractivity contribution in [2.45, 2.75) is 31.7 Å². The quantitative estimate of drug-likeness (QED) is 0.699. The van der Waals surface area contributed by atoms with Crippen LogP contribution in [0, 0.1) is 6.92 Å². The minimum atomic E-state index is 0.00240. The van der Waals surface area contributed by atoms with Crippen molar-refractivity contribution in [3.63, 3.8) is 0 Å². The second kappa shape index (κ2) is 5.77. The zero-order chi connectivity index (χ0) is 17.7. The Morgan fingerprint density at radius 1 is 1.19 bits per heavy atom. The van der Waals surface area contributed by atoms with E-state index in [1.54, 1.807) is 17.5 Å². The van der Waals surface area contributed by atoms with Crippen molar-refractivity contribution in [1.29, 1.82) is 0 Å². The lowest BCUT2D eigenvalue weighted by atomic mass is 9.85. The van der Waals surface area contributed by atoms with Gasteiger partial charge in [0.2, 0.25) is 0 Å². The molecule has 132 valence electrons. The van der Waals surface area contributed by atoms with Crippen molar-refractivity contribution >= 4 is 17.2 Å². The van der Waals surface area contributed by atoms with Crippen LogP contribution in [-0.4, -0.2) is 38.4 Å². The summed E-state index contributed by atoms with van der Waals surface area (Å²) < 4.78 is 2.32. The fraction of sp³-hybridized carbons (Fsp3) is 0.350. The molecule has 2 aliphatic rings. The SMILES string of the molecule is Cc1ccc(C(=O)N2CC[C@]3(CCn4c(-c5cccnc5)cnc43)C2)s1. The Hall–Kier alpha value is -2.47. The molecule has 0 N–H and O–H groups in total. The molecule has 3 aromatic heterocycles. The normalized spacial score (nSPS) is 21.5. The summed E-state index contributed by atoms with van der Waals surface area (Å²) in [7, 11) is 0. The van der Waals surface area contributed by atoms with Crippen LogP contribution < -0.4 is 0 Å². The molecule has 1 atom stereocenters. The van der Waals surface area contributed by atoms with Gasteiger partial charge in [0.1, 0.15) is 5.82 Å². The van der Waals surface area contributed by atoms with E-state index < -0.39 is 0 Å². The van der Waals surface area contributed by atoms with Crippen LogP contribution in [-0.2, 0) is 12.0 Å². The number of imidazole rings is 1. The van der Waals surface area contributed by atoms with Gasteiger partial charge in [-0.3, -0.25) is 9.78 Å². The van der Waals surface area contributed by atoms with Gasteiger partial charge in [-0.2, -0.15) is 0 Å². The smallest absolute Gasteiger partial charge is 0.263 e. The first-order valence-corrected chi connectivity index (χ1v) is 9.80. The lowest BCUT2D eigenvalue weighted by Crippen LogP contribution is -2.33. The van der Waals surface area contributed by atoms with Crippen LogP contribution in [0.25, 0.3) is 11.3 Å². The summed E-state index contributed by atoms with van der Waals surface area (Å²) in [6, 6.07) is 8.00. The first-order valence-electron chi connectivity index (χ1n) is 8.98. The summed E-state index contributed by atoms with van der Waals surface area (Å²) in [5.41, 5.74) is 2.23.